The molecular weight excluding hydrogens is 235 g/mol. The fourth-order valence-electron chi connectivity index (χ4n) is 1.71. The van der Waals surface area contributed by atoms with Crippen molar-refractivity contribution in [2.45, 2.75) is 25.8 Å². The molecule has 18 heavy (non-hydrogen) atoms. The Balaban J connectivity index is 2.26. The fraction of sp³-hybridized carbons (Fsp3) is 0.417. The molecule has 1 amide bonds. The highest BCUT2D eigenvalue weighted by molar-refractivity contribution is 6.08. The van der Waals surface area contributed by atoms with Crippen LogP contribution in [-0.4, -0.2) is 23.4 Å². The second kappa shape index (κ2) is 4.72. The first-order valence-corrected chi connectivity index (χ1v) is 5.82. The SMILES string of the molecule is CCCN=C1NC(=O)C(C)(c2ccc(F)cn2)N1. The van der Waals surface area contributed by atoms with Gasteiger partial charge in [0.1, 0.15) is 5.82 Å². The molecular formula is C12H15FN4O. The second-order valence-corrected chi connectivity index (χ2v) is 4.30. The summed E-state index contributed by atoms with van der Waals surface area (Å²) in [5.41, 5.74) is -0.539. The molecule has 2 rings (SSSR count). The predicted molar refractivity (Wildman–Crippen MR) is 65.4 cm³/mol. The molecule has 1 unspecified atom stereocenters. The van der Waals surface area contributed by atoms with Crippen LogP contribution in [0.1, 0.15) is 26.0 Å². The first-order valence-electron chi connectivity index (χ1n) is 5.82. The van der Waals surface area contributed by atoms with Crippen molar-refractivity contribution in [1.29, 1.82) is 0 Å². The van der Waals surface area contributed by atoms with Gasteiger partial charge >= 0.3 is 0 Å². The summed E-state index contributed by atoms with van der Waals surface area (Å²) in [5.74, 6) is -0.229. The van der Waals surface area contributed by atoms with E-state index in [0.717, 1.165) is 12.6 Å². The van der Waals surface area contributed by atoms with E-state index < -0.39 is 11.4 Å². The monoisotopic (exact) mass is 250 g/mol. The van der Waals surface area contributed by atoms with Crippen LogP contribution in [0.5, 0.6) is 0 Å². The maximum absolute atomic E-state index is 12.8. The minimum atomic E-state index is -1.000. The predicted octanol–water partition coefficient (Wildman–Crippen LogP) is 0.921. The lowest BCUT2D eigenvalue weighted by Crippen LogP contribution is -2.41. The van der Waals surface area contributed by atoms with E-state index in [9.17, 15) is 9.18 Å². The number of carbonyl (C=O) groups excluding carboxylic acids is 1. The summed E-state index contributed by atoms with van der Waals surface area (Å²) in [7, 11) is 0. The maximum atomic E-state index is 12.8. The van der Waals surface area contributed by atoms with Gasteiger partial charge in [0.15, 0.2) is 11.5 Å². The number of hydrogen-bond acceptors (Lipinski definition) is 3. The molecule has 1 fully saturated rings. The Hall–Kier alpha value is -1.98. The summed E-state index contributed by atoms with van der Waals surface area (Å²) in [6.07, 6.45) is 1.99. The number of pyridine rings is 1. The van der Waals surface area contributed by atoms with Gasteiger partial charge in [-0.25, -0.2) is 4.39 Å². The average Bonchev–Trinajstić information content (AvgIpc) is 2.64. The second-order valence-electron chi connectivity index (χ2n) is 4.30. The van der Waals surface area contributed by atoms with Crippen LogP contribution in [0, 0.1) is 5.82 Å². The van der Waals surface area contributed by atoms with Crippen LogP contribution >= 0.6 is 0 Å². The Morgan fingerprint density at radius 3 is 2.89 bits per heavy atom. The Kier molecular flexibility index (Phi) is 3.27. The third-order valence-electron chi connectivity index (χ3n) is 2.79. The first kappa shape index (κ1) is 12.5. The molecule has 0 saturated carbocycles. The van der Waals surface area contributed by atoms with Gasteiger partial charge in [-0.1, -0.05) is 6.92 Å². The number of aliphatic imine (C=N–C) groups is 1. The number of nitrogens with one attached hydrogen (secondary N) is 2. The molecule has 0 aromatic carbocycles. The highest BCUT2D eigenvalue weighted by Gasteiger charge is 2.43. The molecule has 2 heterocycles. The molecule has 1 saturated heterocycles. The summed E-state index contributed by atoms with van der Waals surface area (Å²) in [6.45, 7) is 4.33. The molecule has 1 aliphatic rings. The van der Waals surface area contributed by atoms with Gasteiger partial charge in [0, 0.05) is 6.54 Å². The Morgan fingerprint density at radius 1 is 1.50 bits per heavy atom. The Morgan fingerprint density at radius 2 is 2.28 bits per heavy atom. The molecule has 0 bridgehead atoms. The molecule has 1 atom stereocenters. The van der Waals surface area contributed by atoms with Crippen LogP contribution in [0.4, 0.5) is 4.39 Å². The van der Waals surface area contributed by atoms with Crippen LogP contribution < -0.4 is 10.6 Å². The zero-order chi connectivity index (χ0) is 13.2. The van der Waals surface area contributed by atoms with Crippen molar-refractivity contribution in [2.75, 3.05) is 6.54 Å². The van der Waals surface area contributed by atoms with Crippen LogP contribution in [0.15, 0.2) is 23.3 Å². The van der Waals surface area contributed by atoms with Gasteiger partial charge in [-0.05, 0) is 25.5 Å². The minimum Gasteiger partial charge on any atom is -0.337 e. The zero-order valence-electron chi connectivity index (χ0n) is 10.3. The standard InChI is InChI=1S/C12H15FN4O/c1-3-6-14-11-16-10(18)12(2,17-11)9-5-4-8(13)7-15-9/h4-5,7H,3,6H2,1-2H3,(H2,14,16,17,18). The van der Waals surface area contributed by atoms with Gasteiger partial charge in [0.05, 0.1) is 11.9 Å². The normalized spacial score (nSPS) is 25.1. The molecule has 1 aromatic rings. The number of guanidine groups is 1. The molecule has 0 aliphatic carbocycles. The molecule has 1 aromatic heterocycles. The van der Waals surface area contributed by atoms with Crippen LogP contribution in [0.2, 0.25) is 0 Å². The summed E-state index contributed by atoms with van der Waals surface area (Å²) in [6, 6.07) is 2.77. The van der Waals surface area contributed by atoms with Gasteiger partial charge in [0.25, 0.3) is 5.91 Å². The van der Waals surface area contributed by atoms with Gasteiger partial charge in [0.2, 0.25) is 0 Å². The highest BCUT2D eigenvalue weighted by atomic mass is 19.1. The van der Waals surface area contributed by atoms with Gasteiger partial charge in [-0.15, -0.1) is 0 Å². The van der Waals surface area contributed by atoms with E-state index in [-0.39, 0.29) is 5.91 Å². The van der Waals surface area contributed by atoms with E-state index in [1.54, 1.807) is 6.92 Å². The van der Waals surface area contributed by atoms with Gasteiger partial charge < -0.3 is 5.32 Å². The Bertz CT molecular complexity index is 485. The molecule has 5 nitrogen and oxygen atoms in total. The number of carbonyl (C=O) groups is 1. The fourth-order valence-corrected chi connectivity index (χ4v) is 1.71. The van der Waals surface area contributed by atoms with Crippen molar-refractivity contribution in [3.05, 3.63) is 29.8 Å². The molecule has 6 heteroatoms. The van der Waals surface area contributed by atoms with Crippen LogP contribution in [0.25, 0.3) is 0 Å². The third kappa shape index (κ3) is 2.18. The van der Waals surface area contributed by atoms with Gasteiger partial charge in [-0.2, -0.15) is 0 Å². The van der Waals surface area contributed by atoms with E-state index in [1.165, 1.54) is 12.1 Å². The first-order chi connectivity index (χ1) is 8.56. The summed E-state index contributed by atoms with van der Waals surface area (Å²) in [4.78, 5) is 20.1. The van der Waals surface area contributed by atoms with Crippen LogP contribution in [0.3, 0.4) is 0 Å². The quantitative estimate of drug-likeness (QED) is 0.838. The van der Waals surface area contributed by atoms with Crippen molar-refractivity contribution in [3.63, 3.8) is 0 Å². The van der Waals surface area contributed by atoms with Crippen molar-refractivity contribution in [2.24, 2.45) is 4.99 Å². The summed E-state index contributed by atoms with van der Waals surface area (Å²) < 4.78 is 12.8. The van der Waals surface area contributed by atoms with E-state index in [0.29, 0.717) is 18.2 Å². The van der Waals surface area contributed by atoms with Crippen molar-refractivity contribution >= 4 is 11.9 Å². The molecule has 96 valence electrons. The van der Waals surface area contributed by atoms with Crippen molar-refractivity contribution in [3.8, 4) is 0 Å². The van der Waals surface area contributed by atoms with E-state index in [2.05, 4.69) is 20.6 Å². The Labute approximate surface area is 105 Å². The van der Waals surface area contributed by atoms with Gasteiger partial charge in [-0.3, -0.25) is 20.1 Å². The smallest absolute Gasteiger partial charge is 0.258 e. The lowest BCUT2D eigenvalue weighted by Gasteiger charge is -2.20. The average molecular weight is 250 g/mol. The van der Waals surface area contributed by atoms with E-state index in [1.807, 2.05) is 6.92 Å². The van der Waals surface area contributed by atoms with Crippen molar-refractivity contribution in [1.82, 2.24) is 15.6 Å². The number of nitrogens with zero attached hydrogens (tertiary/aromatic N) is 2. The maximum Gasteiger partial charge on any atom is 0.258 e. The number of hydrogen-bond donors (Lipinski definition) is 2. The van der Waals surface area contributed by atoms with Crippen molar-refractivity contribution < 1.29 is 9.18 Å². The molecule has 2 N–H and O–H groups in total. The minimum absolute atomic E-state index is 0.239. The number of amides is 1. The highest BCUT2D eigenvalue weighted by Crippen LogP contribution is 2.22. The molecule has 0 spiro atoms. The van der Waals surface area contributed by atoms with E-state index in [4.69, 9.17) is 0 Å². The topological polar surface area (TPSA) is 66.4 Å². The number of rotatable bonds is 3. The lowest BCUT2D eigenvalue weighted by atomic mass is 9.98. The largest absolute Gasteiger partial charge is 0.337 e. The molecule has 0 radical (unpaired) electrons. The summed E-state index contributed by atoms with van der Waals surface area (Å²) >= 11 is 0. The summed E-state index contributed by atoms with van der Waals surface area (Å²) in [5, 5.41) is 5.65. The van der Waals surface area contributed by atoms with E-state index >= 15 is 0 Å². The number of halogens is 1. The number of aromatic nitrogens is 1. The zero-order valence-corrected chi connectivity index (χ0v) is 10.3. The van der Waals surface area contributed by atoms with Crippen LogP contribution in [-0.2, 0) is 10.3 Å². The lowest BCUT2D eigenvalue weighted by molar-refractivity contribution is -0.123. The molecule has 1 aliphatic heterocycles. The third-order valence-corrected chi connectivity index (χ3v) is 2.79.